The van der Waals surface area contributed by atoms with Gasteiger partial charge in [-0.15, -0.1) is 0 Å². The second kappa shape index (κ2) is 13.0. The van der Waals surface area contributed by atoms with Crippen LogP contribution >= 0.6 is 12.2 Å². The summed E-state index contributed by atoms with van der Waals surface area (Å²) in [5.41, 5.74) is 1.17. The maximum Gasteiger partial charge on any atom is 0.257 e. The molecule has 33 heavy (non-hydrogen) atoms. The number of para-hydroxylation sites is 1. The lowest BCUT2D eigenvalue weighted by Crippen LogP contribution is -2.34. The van der Waals surface area contributed by atoms with Crippen molar-refractivity contribution in [1.29, 1.82) is 0 Å². The molecule has 3 aromatic rings. The molecule has 0 aromatic heterocycles. The summed E-state index contributed by atoms with van der Waals surface area (Å²) in [6.45, 7) is 1.76. The fourth-order valence-electron chi connectivity index (χ4n) is 2.78. The molecule has 1 amide bonds. The lowest BCUT2D eigenvalue weighted by Gasteiger charge is -2.12. The van der Waals surface area contributed by atoms with Gasteiger partial charge in [-0.3, -0.25) is 10.1 Å². The summed E-state index contributed by atoms with van der Waals surface area (Å²) in [5.74, 6) is 1.80. The smallest absolute Gasteiger partial charge is 0.257 e. The largest absolute Gasteiger partial charge is 0.491 e. The van der Waals surface area contributed by atoms with Gasteiger partial charge in [-0.2, -0.15) is 0 Å². The van der Waals surface area contributed by atoms with E-state index in [1.54, 1.807) is 37.4 Å². The fourth-order valence-corrected chi connectivity index (χ4v) is 2.99. The first-order valence-electron chi connectivity index (χ1n) is 10.4. The van der Waals surface area contributed by atoms with Crippen LogP contribution < -0.4 is 24.8 Å². The summed E-state index contributed by atoms with van der Waals surface area (Å²) in [6.07, 6.45) is 0. The Labute approximate surface area is 198 Å². The van der Waals surface area contributed by atoms with E-state index in [9.17, 15) is 4.79 Å². The van der Waals surface area contributed by atoms with Crippen molar-refractivity contribution in [2.45, 2.75) is 0 Å². The SMILES string of the molecule is COCCOc1cccc(NC(=S)NC(=O)c2ccc(OCCOc3ccccc3)cc2)c1. The van der Waals surface area contributed by atoms with Crippen LogP contribution in [0.2, 0.25) is 0 Å². The second-order valence-electron chi connectivity index (χ2n) is 6.81. The van der Waals surface area contributed by atoms with Crippen molar-refractivity contribution in [3.8, 4) is 17.2 Å². The van der Waals surface area contributed by atoms with Crippen molar-refractivity contribution in [2.75, 3.05) is 38.9 Å². The first-order chi connectivity index (χ1) is 16.1. The van der Waals surface area contributed by atoms with Crippen LogP contribution in [0.1, 0.15) is 10.4 Å². The quantitative estimate of drug-likeness (QED) is 0.322. The maximum atomic E-state index is 12.5. The predicted molar refractivity (Wildman–Crippen MR) is 131 cm³/mol. The van der Waals surface area contributed by atoms with Crippen molar-refractivity contribution in [1.82, 2.24) is 5.32 Å². The minimum atomic E-state index is -0.320. The Morgan fingerprint density at radius 3 is 2.06 bits per heavy atom. The average Bonchev–Trinajstić information content (AvgIpc) is 2.83. The normalized spacial score (nSPS) is 10.2. The summed E-state index contributed by atoms with van der Waals surface area (Å²) < 4.78 is 21.8. The van der Waals surface area contributed by atoms with E-state index in [1.807, 2.05) is 48.5 Å². The Balaban J connectivity index is 1.42. The molecule has 0 aliphatic rings. The van der Waals surface area contributed by atoms with E-state index in [2.05, 4.69) is 10.6 Å². The first-order valence-corrected chi connectivity index (χ1v) is 10.8. The van der Waals surface area contributed by atoms with Gasteiger partial charge in [-0.1, -0.05) is 24.3 Å². The van der Waals surface area contributed by atoms with E-state index in [1.165, 1.54) is 0 Å². The third kappa shape index (κ3) is 8.44. The molecular formula is C25H26N2O5S. The molecule has 0 aliphatic heterocycles. The minimum absolute atomic E-state index is 0.187. The van der Waals surface area contributed by atoms with Crippen LogP contribution in [0.3, 0.4) is 0 Å². The number of rotatable bonds is 11. The molecule has 0 fully saturated rings. The molecule has 172 valence electrons. The lowest BCUT2D eigenvalue weighted by atomic mass is 10.2. The second-order valence-corrected chi connectivity index (χ2v) is 7.22. The molecule has 0 atom stereocenters. The number of thiocarbonyl (C=S) groups is 1. The van der Waals surface area contributed by atoms with Gasteiger partial charge >= 0.3 is 0 Å². The van der Waals surface area contributed by atoms with Gasteiger partial charge in [-0.05, 0) is 60.7 Å². The van der Waals surface area contributed by atoms with Gasteiger partial charge in [0, 0.05) is 24.4 Å². The van der Waals surface area contributed by atoms with Crippen molar-refractivity contribution in [3.63, 3.8) is 0 Å². The van der Waals surface area contributed by atoms with E-state index in [0.717, 1.165) is 5.75 Å². The maximum absolute atomic E-state index is 12.5. The Kier molecular flexibility index (Phi) is 9.50. The molecule has 0 saturated carbocycles. The molecule has 3 rings (SSSR count). The number of benzene rings is 3. The number of ether oxygens (including phenoxy) is 4. The van der Waals surface area contributed by atoms with Crippen LogP contribution in [-0.4, -0.2) is 44.6 Å². The first kappa shape index (κ1) is 24.0. The highest BCUT2D eigenvalue weighted by Gasteiger charge is 2.09. The van der Waals surface area contributed by atoms with Gasteiger partial charge in [0.05, 0.1) is 6.61 Å². The van der Waals surface area contributed by atoms with E-state index >= 15 is 0 Å². The van der Waals surface area contributed by atoms with Gasteiger partial charge in [-0.25, -0.2) is 0 Å². The van der Waals surface area contributed by atoms with Gasteiger partial charge in [0.1, 0.15) is 37.1 Å². The number of nitrogens with one attached hydrogen (secondary N) is 2. The highest BCUT2D eigenvalue weighted by Crippen LogP contribution is 2.17. The number of hydrogen-bond donors (Lipinski definition) is 2. The van der Waals surface area contributed by atoms with E-state index < -0.39 is 0 Å². The van der Waals surface area contributed by atoms with E-state index in [4.69, 9.17) is 31.2 Å². The molecule has 3 aromatic carbocycles. The third-order valence-corrected chi connectivity index (χ3v) is 4.56. The number of carbonyl (C=O) groups is 1. The number of methoxy groups -OCH3 is 1. The molecule has 2 N–H and O–H groups in total. The summed E-state index contributed by atoms with van der Waals surface area (Å²) in [4.78, 5) is 12.5. The van der Waals surface area contributed by atoms with Crippen LogP contribution in [-0.2, 0) is 4.74 Å². The number of anilines is 1. The standard InChI is InChI=1S/C25H26N2O5S/c1-29-14-15-32-23-9-5-6-20(18-23)26-25(33)27-24(28)19-10-12-22(13-11-19)31-17-16-30-21-7-3-2-4-8-21/h2-13,18H,14-17H2,1H3,(H2,26,27,28,33). The summed E-state index contributed by atoms with van der Waals surface area (Å²) in [6, 6.07) is 23.6. The van der Waals surface area contributed by atoms with Gasteiger partial charge in [0.2, 0.25) is 0 Å². The Hall–Kier alpha value is -3.62. The molecule has 8 heteroatoms. The highest BCUT2D eigenvalue weighted by molar-refractivity contribution is 7.80. The zero-order chi connectivity index (χ0) is 23.3. The van der Waals surface area contributed by atoms with Crippen molar-refractivity contribution in [3.05, 3.63) is 84.4 Å². The molecule has 7 nitrogen and oxygen atoms in total. The lowest BCUT2D eigenvalue weighted by molar-refractivity contribution is 0.0977. The number of hydrogen-bond acceptors (Lipinski definition) is 6. The monoisotopic (exact) mass is 466 g/mol. The van der Waals surface area contributed by atoms with Crippen LogP contribution in [0.15, 0.2) is 78.9 Å². The summed E-state index contributed by atoms with van der Waals surface area (Å²) >= 11 is 5.26. The van der Waals surface area contributed by atoms with Crippen molar-refractivity contribution < 1.29 is 23.7 Å². The fraction of sp³-hybridized carbons (Fsp3) is 0.200. The zero-order valence-corrected chi connectivity index (χ0v) is 19.1. The molecular weight excluding hydrogens is 440 g/mol. The van der Waals surface area contributed by atoms with Crippen molar-refractivity contribution in [2.24, 2.45) is 0 Å². The molecule has 0 spiro atoms. The Bertz CT molecular complexity index is 1030. The van der Waals surface area contributed by atoms with Crippen LogP contribution in [0.25, 0.3) is 0 Å². The Morgan fingerprint density at radius 2 is 1.36 bits per heavy atom. The van der Waals surface area contributed by atoms with E-state index in [0.29, 0.717) is 49.2 Å². The molecule has 0 aliphatic carbocycles. The number of amides is 1. The predicted octanol–water partition coefficient (Wildman–Crippen LogP) is 4.30. The van der Waals surface area contributed by atoms with E-state index in [-0.39, 0.29) is 11.0 Å². The summed E-state index contributed by atoms with van der Waals surface area (Å²) in [7, 11) is 1.62. The van der Waals surface area contributed by atoms with Crippen LogP contribution in [0.5, 0.6) is 17.2 Å². The molecule has 0 heterocycles. The topological polar surface area (TPSA) is 78.1 Å². The average molecular weight is 467 g/mol. The zero-order valence-electron chi connectivity index (χ0n) is 18.3. The number of carbonyl (C=O) groups excluding carboxylic acids is 1. The molecule has 0 unspecified atom stereocenters. The molecule has 0 bridgehead atoms. The summed E-state index contributed by atoms with van der Waals surface area (Å²) in [5, 5.41) is 5.84. The third-order valence-electron chi connectivity index (χ3n) is 4.36. The van der Waals surface area contributed by atoms with Gasteiger partial charge < -0.3 is 24.3 Å². The van der Waals surface area contributed by atoms with Gasteiger partial charge in [0.15, 0.2) is 5.11 Å². The van der Waals surface area contributed by atoms with Crippen LogP contribution in [0.4, 0.5) is 5.69 Å². The van der Waals surface area contributed by atoms with Crippen molar-refractivity contribution >= 4 is 28.9 Å². The minimum Gasteiger partial charge on any atom is -0.491 e. The van der Waals surface area contributed by atoms with Crippen LogP contribution in [0, 0.1) is 0 Å². The van der Waals surface area contributed by atoms with Gasteiger partial charge in [0.25, 0.3) is 5.91 Å². The Morgan fingerprint density at radius 1 is 0.758 bits per heavy atom. The molecule has 0 radical (unpaired) electrons. The molecule has 0 saturated heterocycles. The highest BCUT2D eigenvalue weighted by atomic mass is 32.1.